The smallest absolute Gasteiger partial charge is 0.408 e. The van der Waals surface area contributed by atoms with Gasteiger partial charge in [-0.05, 0) is 34.6 Å². The molecule has 4 rings (SSSR count). The van der Waals surface area contributed by atoms with Crippen molar-refractivity contribution in [2.24, 2.45) is 5.92 Å². The molecule has 42 heavy (non-hydrogen) atoms. The van der Waals surface area contributed by atoms with Gasteiger partial charge in [-0.3, -0.25) is 19.9 Å². The number of ether oxygens (including phenoxy) is 1. The Morgan fingerprint density at radius 3 is 2.17 bits per heavy atom. The standard InChI is InChI=1S/C32H34N4O5S/c1-22(2)17-28(33-32(40)41-20-24-9-5-3-6-10-24)30(38)34-35-31(39)36-27(19-37)21-42-29(36)18-23-13-15-26(16-14-23)25-11-7-4-8-12-25/h3-16,19,21-22,28-29H,17-18,20H2,1-2H3,(H,33,40)(H,34,38)(H,35,39)/t28-,29?/m0/s1. The number of nitrogens with one attached hydrogen (secondary N) is 3. The molecule has 218 valence electrons. The van der Waals surface area contributed by atoms with E-state index in [0.29, 0.717) is 19.1 Å². The van der Waals surface area contributed by atoms with E-state index < -0.39 is 24.1 Å². The number of aldehydes is 1. The number of thioether (sulfide) groups is 1. The first-order valence-electron chi connectivity index (χ1n) is 13.7. The number of carbonyl (C=O) groups is 4. The SMILES string of the molecule is CC(C)C[C@H](NC(=O)OCc1ccccc1)C(=O)NNC(=O)N1C(C=O)=CSC1Cc1ccc(-c2ccccc2)cc1. The van der Waals surface area contributed by atoms with Crippen LogP contribution in [0.3, 0.4) is 0 Å². The number of alkyl carbamates (subject to hydrolysis) is 1. The van der Waals surface area contributed by atoms with Crippen molar-refractivity contribution in [2.45, 2.75) is 44.7 Å². The van der Waals surface area contributed by atoms with Gasteiger partial charge in [0.15, 0.2) is 6.29 Å². The number of amides is 4. The molecule has 1 aliphatic rings. The Balaban J connectivity index is 1.34. The van der Waals surface area contributed by atoms with Crippen LogP contribution in [0, 0.1) is 5.92 Å². The van der Waals surface area contributed by atoms with Gasteiger partial charge in [-0.25, -0.2) is 15.0 Å². The average Bonchev–Trinajstić information content (AvgIpc) is 3.42. The molecular formula is C32H34N4O5S. The summed E-state index contributed by atoms with van der Waals surface area (Å²) in [5, 5.41) is 3.82. The minimum absolute atomic E-state index is 0.0588. The van der Waals surface area contributed by atoms with E-state index >= 15 is 0 Å². The lowest BCUT2D eigenvalue weighted by molar-refractivity contribution is -0.124. The number of hydrogen-bond donors (Lipinski definition) is 3. The van der Waals surface area contributed by atoms with Crippen molar-refractivity contribution in [1.82, 2.24) is 21.1 Å². The lowest BCUT2D eigenvalue weighted by atomic mass is 10.0. The molecule has 10 heteroatoms. The molecule has 0 fully saturated rings. The van der Waals surface area contributed by atoms with Crippen molar-refractivity contribution >= 4 is 36.1 Å². The average molecular weight is 587 g/mol. The highest BCUT2D eigenvalue weighted by Crippen LogP contribution is 2.32. The largest absolute Gasteiger partial charge is 0.445 e. The van der Waals surface area contributed by atoms with E-state index in [1.807, 2.05) is 98.8 Å². The summed E-state index contributed by atoms with van der Waals surface area (Å²) >= 11 is 1.35. The van der Waals surface area contributed by atoms with Gasteiger partial charge in [0.05, 0.1) is 11.1 Å². The first-order chi connectivity index (χ1) is 20.3. The molecule has 1 unspecified atom stereocenters. The molecule has 2 atom stereocenters. The van der Waals surface area contributed by atoms with Gasteiger partial charge in [0.1, 0.15) is 12.6 Å². The summed E-state index contributed by atoms with van der Waals surface area (Å²) < 4.78 is 5.25. The number of rotatable bonds is 10. The molecule has 9 nitrogen and oxygen atoms in total. The van der Waals surface area contributed by atoms with Gasteiger partial charge in [0, 0.05) is 11.8 Å². The van der Waals surface area contributed by atoms with Crippen LogP contribution in [0.2, 0.25) is 0 Å². The molecule has 0 spiro atoms. The van der Waals surface area contributed by atoms with Gasteiger partial charge >= 0.3 is 12.1 Å². The second kappa shape index (κ2) is 14.9. The summed E-state index contributed by atoms with van der Waals surface area (Å²) in [6, 6.07) is 25.6. The van der Waals surface area contributed by atoms with E-state index in [9.17, 15) is 19.2 Å². The van der Waals surface area contributed by atoms with Crippen LogP contribution in [-0.4, -0.2) is 40.6 Å². The quantitative estimate of drug-likeness (QED) is 0.217. The lowest BCUT2D eigenvalue weighted by Crippen LogP contribution is -2.55. The lowest BCUT2D eigenvalue weighted by Gasteiger charge is -2.26. The Kier molecular flexibility index (Phi) is 10.8. The first kappa shape index (κ1) is 30.4. The van der Waals surface area contributed by atoms with Crippen LogP contribution in [0.4, 0.5) is 9.59 Å². The normalized spacial score (nSPS) is 15.0. The van der Waals surface area contributed by atoms with Gasteiger partial charge in [0.25, 0.3) is 5.91 Å². The van der Waals surface area contributed by atoms with E-state index in [2.05, 4.69) is 16.2 Å². The molecule has 3 aromatic carbocycles. The molecule has 0 saturated heterocycles. The van der Waals surface area contributed by atoms with Crippen LogP contribution in [0.1, 0.15) is 31.4 Å². The van der Waals surface area contributed by atoms with Crippen LogP contribution in [-0.2, 0) is 27.4 Å². The van der Waals surface area contributed by atoms with Crippen LogP contribution in [0.15, 0.2) is 96.0 Å². The molecule has 0 aromatic heterocycles. The number of nitrogens with zero attached hydrogens (tertiary/aromatic N) is 1. The molecular weight excluding hydrogens is 552 g/mol. The van der Waals surface area contributed by atoms with Crippen LogP contribution in [0.25, 0.3) is 11.1 Å². The van der Waals surface area contributed by atoms with Crippen LogP contribution in [0.5, 0.6) is 0 Å². The molecule has 0 aliphatic carbocycles. The number of allylic oxidation sites excluding steroid dienone is 1. The minimum Gasteiger partial charge on any atom is -0.445 e. The molecule has 4 amide bonds. The highest BCUT2D eigenvalue weighted by atomic mass is 32.2. The topological polar surface area (TPSA) is 117 Å². The number of hydrazine groups is 1. The van der Waals surface area contributed by atoms with E-state index in [4.69, 9.17) is 4.74 Å². The molecule has 0 saturated carbocycles. The van der Waals surface area contributed by atoms with Gasteiger partial charge in [-0.15, -0.1) is 11.8 Å². The van der Waals surface area contributed by atoms with Gasteiger partial charge in [0.2, 0.25) is 0 Å². The van der Waals surface area contributed by atoms with Crippen molar-refractivity contribution in [2.75, 3.05) is 0 Å². The maximum absolute atomic E-state index is 13.2. The highest BCUT2D eigenvalue weighted by Gasteiger charge is 2.33. The fourth-order valence-electron chi connectivity index (χ4n) is 4.44. The Morgan fingerprint density at radius 2 is 1.52 bits per heavy atom. The van der Waals surface area contributed by atoms with E-state index in [0.717, 1.165) is 22.3 Å². The van der Waals surface area contributed by atoms with Crippen molar-refractivity contribution < 1.29 is 23.9 Å². The zero-order valence-corrected chi connectivity index (χ0v) is 24.3. The maximum Gasteiger partial charge on any atom is 0.408 e. The Hall–Kier alpha value is -4.57. The van der Waals surface area contributed by atoms with Crippen molar-refractivity contribution in [3.8, 4) is 11.1 Å². The van der Waals surface area contributed by atoms with Gasteiger partial charge in [-0.1, -0.05) is 98.8 Å². The van der Waals surface area contributed by atoms with Crippen molar-refractivity contribution in [3.63, 3.8) is 0 Å². The predicted molar refractivity (Wildman–Crippen MR) is 163 cm³/mol. The molecule has 1 aliphatic heterocycles. The third-order valence-electron chi connectivity index (χ3n) is 6.54. The van der Waals surface area contributed by atoms with Crippen molar-refractivity contribution in [3.05, 3.63) is 107 Å². The Labute approximate surface area is 249 Å². The number of carbonyl (C=O) groups excluding carboxylic acids is 4. The summed E-state index contributed by atoms with van der Waals surface area (Å²) in [7, 11) is 0. The van der Waals surface area contributed by atoms with Crippen LogP contribution < -0.4 is 16.2 Å². The molecule has 3 aromatic rings. The van der Waals surface area contributed by atoms with Crippen molar-refractivity contribution in [1.29, 1.82) is 0 Å². The van der Waals surface area contributed by atoms with Gasteiger partial charge in [-0.2, -0.15) is 0 Å². The zero-order valence-electron chi connectivity index (χ0n) is 23.5. The zero-order chi connectivity index (χ0) is 29.9. The first-order valence-corrected chi connectivity index (χ1v) is 14.6. The van der Waals surface area contributed by atoms with E-state index in [-0.39, 0.29) is 23.6 Å². The predicted octanol–water partition coefficient (Wildman–Crippen LogP) is 5.39. The van der Waals surface area contributed by atoms with Gasteiger partial charge < -0.3 is 10.1 Å². The fourth-order valence-corrected chi connectivity index (χ4v) is 5.54. The van der Waals surface area contributed by atoms with E-state index in [1.54, 1.807) is 5.41 Å². The second-order valence-electron chi connectivity index (χ2n) is 10.2. The highest BCUT2D eigenvalue weighted by molar-refractivity contribution is 8.03. The van der Waals surface area contributed by atoms with Crippen LogP contribution >= 0.6 is 11.8 Å². The molecule has 0 radical (unpaired) electrons. The molecule has 3 N–H and O–H groups in total. The number of hydrogen-bond acceptors (Lipinski definition) is 6. The summed E-state index contributed by atoms with van der Waals surface area (Å²) in [6.07, 6.45) is 0.674. The maximum atomic E-state index is 13.2. The molecule has 1 heterocycles. The minimum atomic E-state index is -0.943. The fraction of sp³-hybridized carbons (Fsp3) is 0.250. The van der Waals surface area contributed by atoms with E-state index in [1.165, 1.54) is 16.7 Å². The number of urea groups is 1. The second-order valence-corrected chi connectivity index (χ2v) is 11.2. The summed E-state index contributed by atoms with van der Waals surface area (Å²) in [4.78, 5) is 51.6. The Bertz CT molecular complexity index is 1400. The third kappa shape index (κ3) is 8.47. The summed E-state index contributed by atoms with van der Waals surface area (Å²) in [5.41, 5.74) is 8.98. The Morgan fingerprint density at radius 1 is 0.881 bits per heavy atom. The monoisotopic (exact) mass is 586 g/mol. The number of benzene rings is 3. The summed E-state index contributed by atoms with van der Waals surface area (Å²) in [5.74, 6) is -0.534. The third-order valence-corrected chi connectivity index (χ3v) is 7.61. The summed E-state index contributed by atoms with van der Waals surface area (Å²) in [6.45, 7) is 3.88. The molecule has 0 bridgehead atoms.